The van der Waals surface area contributed by atoms with Crippen molar-refractivity contribution in [1.82, 2.24) is 4.57 Å². The second-order valence-corrected chi connectivity index (χ2v) is 15.5. The third-order valence-corrected chi connectivity index (χ3v) is 12.3. The normalized spacial score (nSPS) is 15.9. The van der Waals surface area contributed by atoms with Crippen LogP contribution in [-0.4, -0.2) is 4.57 Å². The van der Waals surface area contributed by atoms with Gasteiger partial charge in [0.1, 0.15) is 0 Å². The van der Waals surface area contributed by atoms with Gasteiger partial charge >= 0.3 is 0 Å². The van der Waals surface area contributed by atoms with Crippen LogP contribution in [0.3, 0.4) is 0 Å². The summed E-state index contributed by atoms with van der Waals surface area (Å²) < 4.78 is 67.5. The van der Waals surface area contributed by atoms with E-state index in [-0.39, 0.29) is 28.4 Å². The molecule has 1 aliphatic carbocycles. The lowest BCUT2D eigenvalue weighted by atomic mass is 9.66. The van der Waals surface area contributed by atoms with Gasteiger partial charge in [0.05, 0.1) is 31.7 Å². The quantitative estimate of drug-likeness (QED) is 0.156. The molecule has 12 rings (SSSR count). The van der Waals surface area contributed by atoms with Crippen molar-refractivity contribution in [1.29, 1.82) is 0 Å². The Morgan fingerprint density at radius 2 is 1.07 bits per heavy atom. The Morgan fingerprint density at radius 1 is 0.410 bits per heavy atom. The average molecular weight is 784 g/mol. The van der Waals surface area contributed by atoms with Crippen LogP contribution in [0.1, 0.15) is 31.8 Å². The molecule has 1 aromatic heterocycles. The lowest BCUT2D eigenvalue weighted by molar-refractivity contribution is 0.777. The van der Waals surface area contributed by atoms with Crippen molar-refractivity contribution >= 4 is 49.6 Å². The molecule has 61 heavy (non-hydrogen) atoms. The second-order valence-electron chi connectivity index (χ2n) is 15.5. The highest BCUT2D eigenvalue weighted by Gasteiger charge is 2.47. The molecule has 0 fully saturated rings. The molecule has 0 saturated carbocycles. The third-order valence-electron chi connectivity index (χ3n) is 12.3. The van der Waals surface area contributed by atoms with Crippen molar-refractivity contribution in [3.05, 3.63) is 265 Å². The highest BCUT2D eigenvalue weighted by Crippen LogP contribution is 2.59. The summed E-state index contributed by atoms with van der Waals surface area (Å²) in [6, 6.07) is 65.4. The summed E-state index contributed by atoms with van der Waals surface area (Å²) in [6.07, 6.45) is 0. The van der Waals surface area contributed by atoms with Gasteiger partial charge in [-0.25, -0.2) is 0 Å². The van der Waals surface area contributed by atoms with E-state index in [1.165, 1.54) is 0 Å². The van der Waals surface area contributed by atoms with Gasteiger partial charge in [-0.2, -0.15) is 0 Å². The molecule has 1 unspecified atom stereocenters. The maximum Gasteiger partial charge on any atom is 0.0720 e. The molecule has 1 atom stereocenters. The number of fused-ring (bicyclic) bond motifs is 7. The van der Waals surface area contributed by atoms with Crippen LogP contribution in [0, 0.1) is 0 Å². The number of nitrogens with zero attached hydrogens (tertiary/aromatic N) is 2. The van der Waals surface area contributed by atoms with Crippen molar-refractivity contribution in [2.24, 2.45) is 0 Å². The van der Waals surface area contributed by atoms with E-state index in [0.29, 0.717) is 0 Å². The molecule has 0 amide bonds. The maximum atomic E-state index is 10.0. The van der Waals surface area contributed by atoms with Crippen molar-refractivity contribution in [3.63, 3.8) is 0 Å². The first-order valence-electron chi connectivity index (χ1n) is 24.0. The predicted octanol–water partition coefficient (Wildman–Crippen LogP) is 15.4. The van der Waals surface area contributed by atoms with E-state index < -0.39 is 35.6 Å². The van der Waals surface area contributed by atoms with Crippen LogP contribution < -0.4 is 4.90 Å². The smallest absolute Gasteiger partial charge is 0.0720 e. The Bertz CT molecular complexity index is 3830. The standard InChI is InChI=1S/C59H40N2/c1-4-19-42(20-5-1)48-28-13-16-33-56(48)60(44-23-6-2-7-24-44)46-36-38-55-52(40-46)49-29-12-15-31-54(49)59(55,53-32-18-22-41-21-10-11-27-47(41)53)43-35-37-51-50-30-14-17-34-57(50)61(58(51)39-43)45-25-8-3-9-26-45/h1-40H/i10D,11D,18D,21D,22D,27D,32D. The molecule has 286 valence electrons. The molecule has 0 N–H and O–H groups in total. The minimum absolute atomic E-state index is 0.0557. The number of hydrogen-bond acceptors (Lipinski definition) is 1. The molecule has 1 heterocycles. The zero-order valence-corrected chi connectivity index (χ0v) is 32.9. The third kappa shape index (κ3) is 5.36. The van der Waals surface area contributed by atoms with Crippen LogP contribution in [-0.2, 0) is 5.41 Å². The van der Waals surface area contributed by atoms with Gasteiger partial charge in [0.15, 0.2) is 0 Å². The monoisotopic (exact) mass is 783 g/mol. The number of benzene rings is 10. The molecule has 0 aliphatic heterocycles. The first-order chi connectivity index (χ1) is 33.2. The number of anilines is 3. The first kappa shape index (κ1) is 28.5. The number of para-hydroxylation sites is 4. The minimum Gasteiger partial charge on any atom is -0.310 e. The van der Waals surface area contributed by atoms with Crippen molar-refractivity contribution in [2.45, 2.75) is 5.41 Å². The van der Waals surface area contributed by atoms with E-state index in [4.69, 9.17) is 2.74 Å². The van der Waals surface area contributed by atoms with Gasteiger partial charge in [-0.1, -0.05) is 188 Å². The topological polar surface area (TPSA) is 8.17 Å². The molecule has 11 aromatic rings. The van der Waals surface area contributed by atoms with Gasteiger partial charge in [-0.15, -0.1) is 0 Å². The van der Waals surface area contributed by atoms with Gasteiger partial charge in [0.2, 0.25) is 0 Å². The molecule has 2 nitrogen and oxygen atoms in total. The average Bonchev–Trinajstić information content (AvgIpc) is 3.87. The number of hydrogen-bond donors (Lipinski definition) is 0. The summed E-state index contributed by atoms with van der Waals surface area (Å²) in [6.45, 7) is 0. The van der Waals surface area contributed by atoms with Crippen molar-refractivity contribution in [3.8, 4) is 27.9 Å². The summed E-state index contributed by atoms with van der Waals surface area (Å²) in [5.41, 5.74) is 10.7. The van der Waals surface area contributed by atoms with Gasteiger partial charge in [0.25, 0.3) is 0 Å². The summed E-state index contributed by atoms with van der Waals surface area (Å²) in [7, 11) is 0. The highest BCUT2D eigenvalue weighted by atomic mass is 15.1. The summed E-state index contributed by atoms with van der Waals surface area (Å²) in [5, 5.41) is 2.05. The summed E-state index contributed by atoms with van der Waals surface area (Å²) in [4.78, 5) is 2.26. The number of rotatable bonds is 7. The fourth-order valence-electron chi connectivity index (χ4n) is 9.82. The Kier molecular flexibility index (Phi) is 6.59. The predicted molar refractivity (Wildman–Crippen MR) is 256 cm³/mol. The molecule has 10 aromatic carbocycles. The fraction of sp³-hybridized carbons (Fsp3) is 0.0169. The minimum atomic E-state index is -1.42. The van der Waals surface area contributed by atoms with Crippen LogP contribution in [0.4, 0.5) is 17.1 Å². The molecule has 0 spiro atoms. The molecule has 0 radical (unpaired) electrons. The Labute approximate surface area is 365 Å². The molecular weight excluding hydrogens is 737 g/mol. The Balaban J connectivity index is 1.23. The van der Waals surface area contributed by atoms with Crippen LogP contribution in [0.2, 0.25) is 0 Å². The zero-order valence-electron chi connectivity index (χ0n) is 39.9. The van der Waals surface area contributed by atoms with Gasteiger partial charge in [0, 0.05) is 33.4 Å². The van der Waals surface area contributed by atoms with Crippen LogP contribution in [0.15, 0.2) is 242 Å². The van der Waals surface area contributed by atoms with Crippen molar-refractivity contribution in [2.75, 3.05) is 4.90 Å². The van der Waals surface area contributed by atoms with E-state index in [0.717, 1.165) is 83.5 Å². The van der Waals surface area contributed by atoms with E-state index >= 15 is 0 Å². The van der Waals surface area contributed by atoms with Crippen LogP contribution in [0.25, 0.3) is 60.5 Å². The maximum absolute atomic E-state index is 10.0. The fourth-order valence-corrected chi connectivity index (χ4v) is 9.82. The molecule has 0 bridgehead atoms. The highest BCUT2D eigenvalue weighted by molar-refractivity contribution is 6.10. The van der Waals surface area contributed by atoms with E-state index in [9.17, 15) is 6.85 Å². The molecular formula is C59H40N2. The summed E-state index contributed by atoms with van der Waals surface area (Å²) >= 11 is 0. The lowest BCUT2D eigenvalue weighted by Gasteiger charge is -2.35. The van der Waals surface area contributed by atoms with E-state index in [1.54, 1.807) is 0 Å². The first-order valence-corrected chi connectivity index (χ1v) is 20.5. The van der Waals surface area contributed by atoms with Gasteiger partial charge in [-0.05, 0) is 104 Å². The Morgan fingerprint density at radius 3 is 1.92 bits per heavy atom. The largest absolute Gasteiger partial charge is 0.310 e. The lowest BCUT2D eigenvalue weighted by Crippen LogP contribution is -2.29. The Hall–Kier alpha value is -7.94. The van der Waals surface area contributed by atoms with Crippen molar-refractivity contribution < 1.29 is 9.60 Å². The second kappa shape index (κ2) is 14.1. The van der Waals surface area contributed by atoms with Gasteiger partial charge in [-0.3, -0.25) is 0 Å². The van der Waals surface area contributed by atoms with Gasteiger partial charge < -0.3 is 9.47 Å². The van der Waals surface area contributed by atoms with Crippen LogP contribution >= 0.6 is 0 Å². The van der Waals surface area contributed by atoms with E-state index in [1.807, 2.05) is 91.0 Å². The number of aromatic nitrogens is 1. The molecule has 1 aliphatic rings. The zero-order chi connectivity index (χ0) is 46.4. The molecule has 0 saturated heterocycles. The SMILES string of the molecule is [2H]c1c([2H])c([2H])c2c(C3(c4ccc5c6ccccc6n(-c6ccccc6)c5c4)c4ccccc4-c4cc(N(c5ccccc5)c5ccccc5-c5ccccc5)ccc43)c([2H])c([2H])c([2H])c2c1[2H]. The molecule has 2 heteroatoms. The van der Waals surface area contributed by atoms with Crippen LogP contribution in [0.5, 0.6) is 0 Å². The summed E-state index contributed by atoms with van der Waals surface area (Å²) in [5.74, 6) is 0. The van der Waals surface area contributed by atoms with E-state index in [2.05, 4.69) is 119 Å².